The van der Waals surface area contributed by atoms with Gasteiger partial charge >= 0.3 is 6.03 Å². The first-order chi connectivity index (χ1) is 10.6. The lowest BCUT2D eigenvalue weighted by atomic mass is 9.53. The van der Waals surface area contributed by atoms with Crippen molar-refractivity contribution in [3.05, 3.63) is 0 Å². The Bertz CT molecular complexity index is 538. The molecule has 2 amide bonds. The van der Waals surface area contributed by atoms with E-state index in [-0.39, 0.29) is 11.6 Å². The minimum atomic E-state index is -0.105. The van der Waals surface area contributed by atoms with Crippen LogP contribution in [0.4, 0.5) is 9.93 Å². The van der Waals surface area contributed by atoms with Gasteiger partial charge in [-0.15, -0.1) is 10.2 Å². The molecule has 1 aromatic heterocycles. The first-order valence-electron chi connectivity index (χ1n) is 8.19. The van der Waals surface area contributed by atoms with Crippen molar-refractivity contribution in [3.63, 3.8) is 0 Å². The van der Waals surface area contributed by atoms with Crippen molar-refractivity contribution >= 4 is 34.3 Å². The topological polar surface area (TPSA) is 66.9 Å². The SMILES string of the molecule is CCSc1nnc(NC(=O)NC23CC4CC(CC(C4)C2)C3)s1. The third-order valence-electron chi connectivity index (χ3n) is 5.31. The number of nitrogens with one attached hydrogen (secondary N) is 2. The Balaban J connectivity index is 1.39. The largest absolute Gasteiger partial charge is 0.332 e. The second-order valence-corrected chi connectivity index (χ2v) is 9.57. The van der Waals surface area contributed by atoms with Gasteiger partial charge in [-0.3, -0.25) is 5.32 Å². The first kappa shape index (κ1) is 14.8. The molecule has 7 heteroatoms. The summed E-state index contributed by atoms with van der Waals surface area (Å²) >= 11 is 3.10. The third-order valence-corrected chi connectivity index (χ3v) is 7.17. The average molecular weight is 339 g/mol. The number of urea groups is 1. The zero-order valence-electron chi connectivity index (χ0n) is 12.8. The van der Waals surface area contributed by atoms with Gasteiger partial charge in [0.15, 0.2) is 4.34 Å². The van der Waals surface area contributed by atoms with E-state index in [1.54, 1.807) is 11.8 Å². The Morgan fingerprint density at radius 2 is 1.86 bits per heavy atom. The number of carbonyl (C=O) groups is 1. The second-order valence-electron chi connectivity index (χ2n) is 7.08. The standard InChI is InChI=1S/C15H22N4OS2/c1-2-21-14-19-18-13(22-14)16-12(20)17-15-6-9-3-10(7-15)5-11(4-9)8-15/h9-11H,2-8H2,1H3,(H2,16,17,18,20). The fourth-order valence-corrected chi connectivity index (χ4v) is 6.72. The van der Waals surface area contributed by atoms with Crippen molar-refractivity contribution in [2.24, 2.45) is 17.8 Å². The lowest BCUT2D eigenvalue weighted by molar-refractivity contribution is -0.0127. The average Bonchev–Trinajstić information content (AvgIpc) is 2.83. The maximum absolute atomic E-state index is 12.4. The Morgan fingerprint density at radius 3 is 2.45 bits per heavy atom. The molecule has 22 heavy (non-hydrogen) atoms. The van der Waals surface area contributed by atoms with Gasteiger partial charge in [0.1, 0.15) is 0 Å². The number of amides is 2. The van der Waals surface area contributed by atoms with Crippen molar-refractivity contribution in [3.8, 4) is 0 Å². The molecule has 4 bridgehead atoms. The highest BCUT2D eigenvalue weighted by Crippen LogP contribution is 2.55. The normalized spacial score (nSPS) is 35.6. The van der Waals surface area contributed by atoms with Gasteiger partial charge in [0.05, 0.1) is 0 Å². The van der Waals surface area contributed by atoms with Crippen LogP contribution in [0, 0.1) is 17.8 Å². The molecule has 5 rings (SSSR count). The van der Waals surface area contributed by atoms with Gasteiger partial charge in [-0.05, 0) is 62.0 Å². The summed E-state index contributed by atoms with van der Waals surface area (Å²) in [4.78, 5) is 12.4. The molecule has 4 aliphatic carbocycles. The predicted molar refractivity (Wildman–Crippen MR) is 89.4 cm³/mol. The summed E-state index contributed by atoms with van der Waals surface area (Å²) in [7, 11) is 0. The molecule has 0 aromatic carbocycles. The maximum atomic E-state index is 12.4. The van der Waals surface area contributed by atoms with Crippen LogP contribution in [0.5, 0.6) is 0 Å². The molecule has 1 aromatic rings. The number of carbonyl (C=O) groups excluding carboxylic acids is 1. The lowest BCUT2D eigenvalue weighted by Crippen LogP contribution is -2.60. The highest BCUT2D eigenvalue weighted by Gasteiger charge is 2.51. The molecule has 0 radical (unpaired) electrons. The molecule has 4 saturated carbocycles. The molecule has 5 nitrogen and oxygen atoms in total. The number of hydrogen-bond donors (Lipinski definition) is 2. The molecular weight excluding hydrogens is 316 g/mol. The van der Waals surface area contributed by atoms with E-state index in [0.29, 0.717) is 5.13 Å². The monoisotopic (exact) mass is 338 g/mol. The molecule has 0 unspecified atom stereocenters. The van der Waals surface area contributed by atoms with Crippen LogP contribution in [-0.2, 0) is 0 Å². The Morgan fingerprint density at radius 1 is 1.23 bits per heavy atom. The van der Waals surface area contributed by atoms with Crippen LogP contribution in [-0.4, -0.2) is 27.5 Å². The summed E-state index contributed by atoms with van der Waals surface area (Å²) in [5, 5.41) is 14.9. The van der Waals surface area contributed by atoms with E-state index in [4.69, 9.17) is 0 Å². The Hall–Kier alpha value is -0.820. The Kier molecular flexibility index (Phi) is 3.80. The van der Waals surface area contributed by atoms with Gasteiger partial charge in [-0.2, -0.15) is 0 Å². The first-order valence-corrected chi connectivity index (χ1v) is 10.00. The summed E-state index contributed by atoms with van der Waals surface area (Å²) in [6.45, 7) is 2.08. The van der Waals surface area contributed by atoms with Gasteiger partial charge in [0.25, 0.3) is 0 Å². The predicted octanol–water partition coefficient (Wildman–Crippen LogP) is 3.74. The van der Waals surface area contributed by atoms with Crippen molar-refractivity contribution in [2.45, 2.75) is 55.3 Å². The van der Waals surface area contributed by atoms with E-state index in [1.165, 1.54) is 49.9 Å². The van der Waals surface area contributed by atoms with Crippen LogP contribution < -0.4 is 10.6 Å². The van der Waals surface area contributed by atoms with Crippen molar-refractivity contribution < 1.29 is 4.79 Å². The molecule has 0 aliphatic heterocycles. The van der Waals surface area contributed by atoms with Crippen molar-refractivity contribution in [2.75, 3.05) is 11.1 Å². The molecule has 120 valence electrons. The van der Waals surface area contributed by atoms with E-state index in [1.807, 2.05) is 0 Å². The number of aromatic nitrogens is 2. The summed E-state index contributed by atoms with van der Waals surface area (Å²) in [6, 6.07) is -0.105. The summed E-state index contributed by atoms with van der Waals surface area (Å²) in [5.74, 6) is 3.47. The molecule has 4 aliphatic rings. The van der Waals surface area contributed by atoms with Crippen LogP contribution in [0.1, 0.15) is 45.4 Å². The number of hydrogen-bond acceptors (Lipinski definition) is 5. The van der Waals surface area contributed by atoms with Crippen LogP contribution in [0.15, 0.2) is 4.34 Å². The minimum absolute atomic E-state index is 0.0462. The Labute approximate surface area is 139 Å². The van der Waals surface area contributed by atoms with Crippen molar-refractivity contribution in [1.29, 1.82) is 0 Å². The summed E-state index contributed by atoms with van der Waals surface area (Å²) in [5.41, 5.74) is 0.0462. The molecule has 0 atom stereocenters. The van der Waals surface area contributed by atoms with Gasteiger partial charge < -0.3 is 5.32 Å². The van der Waals surface area contributed by atoms with E-state index in [0.717, 1.165) is 27.8 Å². The third kappa shape index (κ3) is 2.85. The van der Waals surface area contributed by atoms with Crippen LogP contribution in [0.2, 0.25) is 0 Å². The van der Waals surface area contributed by atoms with E-state index >= 15 is 0 Å². The fraction of sp³-hybridized carbons (Fsp3) is 0.800. The number of thioether (sulfide) groups is 1. The van der Waals surface area contributed by atoms with Gasteiger partial charge in [-0.25, -0.2) is 4.79 Å². The van der Waals surface area contributed by atoms with E-state index < -0.39 is 0 Å². The van der Waals surface area contributed by atoms with Crippen LogP contribution >= 0.6 is 23.1 Å². The van der Waals surface area contributed by atoms with E-state index in [2.05, 4.69) is 27.8 Å². The smallest absolute Gasteiger partial charge is 0.321 e. The number of anilines is 1. The van der Waals surface area contributed by atoms with Crippen LogP contribution in [0.3, 0.4) is 0 Å². The molecule has 0 saturated heterocycles. The molecule has 0 spiro atoms. The molecule has 2 N–H and O–H groups in total. The minimum Gasteiger partial charge on any atom is -0.332 e. The van der Waals surface area contributed by atoms with Gasteiger partial charge in [0, 0.05) is 5.54 Å². The zero-order valence-corrected chi connectivity index (χ0v) is 14.4. The zero-order chi connectivity index (χ0) is 15.2. The molecular formula is C15H22N4OS2. The fourth-order valence-electron chi connectivity index (χ4n) is 5.08. The van der Waals surface area contributed by atoms with E-state index in [9.17, 15) is 4.79 Å². The highest BCUT2D eigenvalue weighted by molar-refractivity contribution is 8.01. The van der Waals surface area contributed by atoms with Crippen molar-refractivity contribution in [1.82, 2.24) is 15.5 Å². The molecule has 4 fully saturated rings. The highest BCUT2D eigenvalue weighted by atomic mass is 32.2. The quantitative estimate of drug-likeness (QED) is 0.648. The van der Waals surface area contributed by atoms with Gasteiger partial charge in [-0.1, -0.05) is 30.0 Å². The van der Waals surface area contributed by atoms with Crippen LogP contribution in [0.25, 0.3) is 0 Å². The number of nitrogens with zero attached hydrogens (tertiary/aromatic N) is 2. The maximum Gasteiger partial charge on any atom is 0.321 e. The summed E-state index contributed by atoms with van der Waals surface area (Å²) < 4.78 is 0.910. The number of rotatable bonds is 4. The lowest BCUT2D eigenvalue weighted by Gasteiger charge is -2.56. The van der Waals surface area contributed by atoms with Gasteiger partial charge in [0.2, 0.25) is 5.13 Å². The molecule has 1 heterocycles. The second kappa shape index (κ2) is 5.67. The summed E-state index contributed by atoms with van der Waals surface area (Å²) in [6.07, 6.45) is 7.65.